The van der Waals surface area contributed by atoms with Crippen molar-refractivity contribution >= 4 is 22.8 Å². The summed E-state index contributed by atoms with van der Waals surface area (Å²) in [7, 11) is 1.49. The van der Waals surface area contributed by atoms with Gasteiger partial charge < -0.3 is 29.5 Å². The summed E-state index contributed by atoms with van der Waals surface area (Å²) < 4.78 is 27.7. The maximum absolute atomic E-state index is 15.1. The Hall–Kier alpha value is -3.51. The molecule has 2 aromatic heterocycles. The summed E-state index contributed by atoms with van der Waals surface area (Å²) in [5, 5.41) is 24.2. The molecule has 12 heteroatoms. The number of rotatable bonds is 5. The fraction of sp³-hybridized carbons (Fsp3) is 0.500. The van der Waals surface area contributed by atoms with Crippen molar-refractivity contribution in [2.75, 3.05) is 51.4 Å². The number of hydrogen-bond donors (Lipinski definition) is 2. The average molecular weight is 501 g/mol. The maximum Gasteiger partial charge on any atom is 0.407 e. The van der Waals surface area contributed by atoms with E-state index >= 15 is 4.39 Å². The van der Waals surface area contributed by atoms with Crippen molar-refractivity contribution in [3.63, 3.8) is 0 Å². The van der Waals surface area contributed by atoms with E-state index in [1.54, 1.807) is 16.9 Å². The smallest absolute Gasteiger partial charge is 0.407 e. The number of aliphatic hydroxyl groups is 1. The summed E-state index contributed by atoms with van der Waals surface area (Å²) in [5.41, 5.74) is 2.52. The second kappa shape index (κ2) is 9.86. The molecule has 11 nitrogen and oxygen atoms in total. The summed E-state index contributed by atoms with van der Waals surface area (Å²) in [5.74, 6) is 0.707. The fourth-order valence-electron chi connectivity index (χ4n) is 5.02. The van der Waals surface area contributed by atoms with Crippen molar-refractivity contribution in [2.24, 2.45) is 0 Å². The van der Waals surface area contributed by atoms with E-state index in [1.807, 2.05) is 24.0 Å². The van der Waals surface area contributed by atoms with E-state index in [9.17, 15) is 15.0 Å². The molecule has 0 spiro atoms. The number of alkyl halides is 1. The Kier molecular flexibility index (Phi) is 6.63. The van der Waals surface area contributed by atoms with E-state index < -0.39 is 18.2 Å². The van der Waals surface area contributed by atoms with Gasteiger partial charge >= 0.3 is 12.1 Å². The van der Waals surface area contributed by atoms with Crippen LogP contribution in [0.5, 0.6) is 6.01 Å². The first-order chi connectivity index (χ1) is 17.4. The number of carbonyl (C=O) groups is 1. The zero-order chi connectivity index (χ0) is 25.4. The van der Waals surface area contributed by atoms with Crippen molar-refractivity contribution < 1.29 is 28.9 Å². The molecule has 1 aromatic carbocycles. The average Bonchev–Trinajstić information content (AvgIpc) is 3.30. The number of aryl methyl sites for hydroxylation is 1. The number of benzene rings is 1. The Morgan fingerprint density at radius 1 is 1.22 bits per heavy atom. The van der Waals surface area contributed by atoms with Crippen LogP contribution in [-0.2, 0) is 4.74 Å². The van der Waals surface area contributed by atoms with Crippen LogP contribution in [0.25, 0.3) is 16.7 Å². The Balaban J connectivity index is 1.52. The van der Waals surface area contributed by atoms with Crippen molar-refractivity contribution in [3.05, 3.63) is 35.5 Å². The van der Waals surface area contributed by atoms with Crippen LogP contribution in [0.15, 0.2) is 24.4 Å². The van der Waals surface area contributed by atoms with Gasteiger partial charge in [0.25, 0.3) is 0 Å². The predicted octanol–water partition coefficient (Wildman–Crippen LogP) is 2.14. The van der Waals surface area contributed by atoms with Crippen molar-refractivity contribution in [1.29, 1.82) is 0 Å². The minimum atomic E-state index is -1.30. The van der Waals surface area contributed by atoms with Crippen LogP contribution < -0.4 is 9.64 Å². The minimum absolute atomic E-state index is 0.0849. The number of anilines is 1. The third kappa shape index (κ3) is 4.53. The number of aliphatic hydroxyl groups excluding tert-OH is 1. The Morgan fingerprint density at radius 3 is 2.75 bits per heavy atom. The van der Waals surface area contributed by atoms with Crippen molar-refractivity contribution in [1.82, 2.24) is 24.6 Å². The molecule has 3 atom stereocenters. The lowest BCUT2D eigenvalue weighted by molar-refractivity contribution is 0.00333. The zero-order valence-electron chi connectivity index (χ0n) is 20.2. The second-order valence-electron chi connectivity index (χ2n) is 9.16. The van der Waals surface area contributed by atoms with Gasteiger partial charge in [0.1, 0.15) is 12.0 Å². The molecule has 0 saturated carbocycles. The first-order valence-electron chi connectivity index (χ1n) is 11.9. The fourth-order valence-corrected chi connectivity index (χ4v) is 5.02. The molecular formula is C24H29FN6O5. The Labute approximate surface area is 207 Å². The Bertz CT molecular complexity index is 1270. The molecule has 2 fully saturated rings. The molecule has 2 saturated heterocycles. The molecule has 0 aliphatic carbocycles. The molecule has 0 bridgehead atoms. The largest absolute Gasteiger partial charge is 0.467 e. The number of carboxylic acid groups (broad SMARTS) is 1. The number of ether oxygens (including phenoxy) is 2. The van der Waals surface area contributed by atoms with Gasteiger partial charge in [0, 0.05) is 37.0 Å². The SMILES string of the molecule is COc1nc(N2CCO[C@H](CO)C2)cc(-n2ncc3cc(C)c(C4CCN(C(=O)O)CC4F)cc32)n1. The normalized spacial score (nSPS) is 22.7. The number of nitrogens with zero attached hydrogens (tertiary/aromatic N) is 6. The first-order valence-corrected chi connectivity index (χ1v) is 11.9. The number of morpholine rings is 1. The van der Waals surface area contributed by atoms with Crippen LogP contribution in [0.1, 0.15) is 23.5 Å². The summed E-state index contributed by atoms with van der Waals surface area (Å²) in [6.07, 6.45) is -0.561. The number of methoxy groups -OCH3 is 1. The van der Waals surface area contributed by atoms with Crippen LogP contribution in [-0.4, -0.2) is 99.7 Å². The highest BCUT2D eigenvalue weighted by Gasteiger charge is 2.33. The van der Waals surface area contributed by atoms with Gasteiger partial charge in [-0.2, -0.15) is 15.1 Å². The molecule has 4 heterocycles. The third-order valence-corrected chi connectivity index (χ3v) is 6.91. The minimum Gasteiger partial charge on any atom is -0.467 e. The number of fused-ring (bicyclic) bond motifs is 1. The highest BCUT2D eigenvalue weighted by atomic mass is 19.1. The molecule has 2 N–H and O–H groups in total. The lowest BCUT2D eigenvalue weighted by atomic mass is 9.85. The van der Waals surface area contributed by atoms with Crippen LogP contribution in [0.3, 0.4) is 0 Å². The standard InChI is InChI=1S/C24H29FN6O5/c1-14-7-15-10-26-31(20(15)8-18(14)17-3-4-30(24(33)34)12-19(17)25)22-9-21(27-23(28-22)35-2)29-5-6-36-16(11-29)13-32/h7-10,16-17,19,32H,3-6,11-13H2,1-2H3,(H,33,34)/t16-,17?,19?/m0/s1. The van der Waals surface area contributed by atoms with E-state index in [1.165, 1.54) is 7.11 Å². The van der Waals surface area contributed by atoms with E-state index in [2.05, 4.69) is 15.1 Å². The van der Waals surface area contributed by atoms with Crippen molar-refractivity contribution in [3.8, 4) is 11.8 Å². The summed E-state index contributed by atoms with van der Waals surface area (Å²) in [6, 6.07) is 5.88. The third-order valence-electron chi connectivity index (χ3n) is 6.91. The van der Waals surface area contributed by atoms with Crippen LogP contribution in [0, 0.1) is 6.92 Å². The highest BCUT2D eigenvalue weighted by molar-refractivity contribution is 5.82. The molecule has 0 radical (unpaired) electrons. The molecule has 1 amide bonds. The summed E-state index contributed by atoms with van der Waals surface area (Å²) in [6.45, 7) is 3.54. The van der Waals surface area contributed by atoms with Crippen LogP contribution in [0.2, 0.25) is 0 Å². The van der Waals surface area contributed by atoms with E-state index in [0.717, 1.165) is 26.9 Å². The molecule has 2 unspecified atom stereocenters. The topological polar surface area (TPSA) is 126 Å². The predicted molar refractivity (Wildman–Crippen MR) is 129 cm³/mol. The summed E-state index contributed by atoms with van der Waals surface area (Å²) in [4.78, 5) is 23.4. The quantitative estimate of drug-likeness (QED) is 0.542. The number of halogens is 1. The molecule has 2 aliphatic rings. The van der Waals surface area contributed by atoms with Crippen LogP contribution >= 0.6 is 0 Å². The number of hydrogen-bond acceptors (Lipinski definition) is 8. The highest BCUT2D eigenvalue weighted by Crippen LogP contribution is 2.35. The monoisotopic (exact) mass is 500 g/mol. The van der Waals surface area contributed by atoms with Gasteiger partial charge in [-0.25, -0.2) is 13.9 Å². The van der Waals surface area contributed by atoms with Gasteiger partial charge in [0.15, 0.2) is 5.82 Å². The van der Waals surface area contributed by atoms with Crippen molar-refractivity contribution in [2.45, 2.75) is 31.5 Å². The van der Waals surface area contributed by atoms with Gasteiger partial charge in [-0.3, -0.25) is 0 Å². The Morgan fingerprint density at radius 2 is 2.03 bits per heavy atom. The van der Waals surface area contributed by atoms with Gasteiger partial charge in [-0.1, -0.05) is 0 Å². The first kappa shape index (κ1) is 24.2. The number of aromatic nitrogens is 4. The van der Waals surface area contributed by atoms with E-state index in [-0.39, 0.29) is 31.8 Å². The lowest BCUT2D eigenvalue weighted by Gasteiger charge is -2.34. The molecular weight excluding hydrogens is 471 g/mol. The number of piperidine rings is 1. The van der Waals surface area contributed by atoms with E-state index in [4.69, 9.17) is 9.47 Å². The van der Waals surface area contributed by atoms with E-state index in [0.29, 0.717) is 37.8 Å². The second-order valence-corrected chi connectivity index (χ2v) is 9.16. The molecule has 5 rings (SSSR count). The van der Waals surface area contributed by atoms with Gasteiger partial charge in [0.2, 0.25) is 0 Å². The number of amides is 1. The molecule has 36 heavy (non-hydrogen) atoms. The molecule has 2 aliphatic heterocycles. The lowest BCUT2D eigenvalue weighted by Crippen LogP contribution is -2.44. The molecule has 3 aromatic rings. The molecule has 192 valence electrons. The maximum atomic E-state index is 15.1. The van der Waals surface area contributed by atoms with Gasteiger partial charge in [0.05, 0.1) is 44.7 Å². The van der Waals surface area contributed by atoms with Gasteiger partial charge in [-0.15, -0.1) is 0 Å². The zero-order valence-corrected chi connectivity index (χ0v) is 20.2. The summed E-state index contributed by atoms with van der Waals surface area (Å²) >= 11 is 0. The van der Waals surface area contributed by atoms with Gasteiger partial charge in [-0.05, 0) is 36.6 Å². The number of likely N-dealkylation sites (tertiary alicyclic amines) is 1. The van der Waals surface area contributed by atoms with Crippen LogP contribution in [0.4, 0.5) is 15.0 Å².